The highest BCUT2D eigenvalue weighted by molar-refractivity contribution is 5.51. The minimum Gasteiger partial charge on any atom is -0.272 e. The molecule has 18 heavy (non-hydrogen) atoms. The summed E-state index contributed by atoms with van der Waals surface area (Å²) in [6.45, 7) is 1.78. The van der Waals surface area contributed by atoms with Crippen LogP contribution in [0.25, 0.3) is 5.82 Å². The van der Waals surface area contributed by atoms with E-state index in [1.54, 1.807) is 19.2 Å². The first-order valence-corrected chi connectivity index (χ1v) is 4.96. The van der Waals surface area contributed by atoms with E-state index in [-0.39, 0.29) is 11.4 Å². The predicted molar refractivity (Wildman–Crippen MR) is 60.2 cm³/mol. The molecule has 6 heteroatoms. The lowest BCUT2D eigenvalue weighted by atomic mass is 10.1. The number of nitriles is 3. The molecule has 0 spiro atoms. The molecular formula is C12H6N6. The van der Waals surface area contributed by atoms with E-state index in [1.807, 2.05) is 18.2 Å². The predicted octanol–water partition coefficient (Wildman–Crippen LogP) is 1.19. The van der Waals surface area contributed by atoms with Crippen molar-refractivity contribution in [3.8, 4) is 24.0 Å². The maximum absolute atomic E-state index is 9.12. The van der Waals surface area contributed by atoms with Gasteiger partial charge in [-0.15, -0.1) is 0 Å². The molecule has 0 N–H and O–H groups in total. The van der Waals surface area contributed by atoms with Crippen LogP contribution in [0.5, 0.6) is 0 Å². The molecule has 0 amide bonds. The van der Waals surface area contributed by atoms with Gasteiger partial charge in [0.15, 0.2) is 17.2 Å². The Labute approximate surface area is 103 Å². The fourth-order valence-electron chi connectivity index (χ4n) is 1.56. The van der Waals surface area contributed by atoms with Crippen LogP contribution in [0.15, 0.2) is 18.6 Å². The van der Waals surface area contributed by atoms with Crippen LogP contribution in [0, 0.1) is 40.9 Å². The lowest BCUT2D eigenvalue weighted by molar-refractivity contribution is 0.964. The summed E-state index contributed by atoms with van der Waals surface area (Å²) in [5.74, 6) is 0.308. The number of aromatic nitrogens is 3. The Morgan fingerprint density at radius 3 is 2.50 bits per heavy atom. The van der Waals surface area contributed by atoms with Crippen LogP contribution in [-0.2, 0) is 0 Å². The largest absolute Gasteiger partial charge is 0.272 e. The summed E-state index contributed by atoms with van der Waals surface area (Å²) >= 11 is 0. The zero-order valence-corrected chi connectivity index (χ0v) is 9.42. The van der Waals surface area contributed by atoms with Crippen molar-refractivity contribution in [2.75, 3.05) is 0 Å². The van der Waals surface area contributed by atoms with E-state index < -0.39 is 0 Å². The van der Waals surface area contributed by atoms with Crippen molar-refractivity contribution in [3.05, 3.63) is 41.1 Å². The van der Waals surface area contributed by atoms with Crippen molar-refractivity contribution in [1.29, 1.82) is 15.8 Å². The molecule has 0 bridgehead atoms. The van der Waals surface area contributed by atoms with Crippen LogP contribution in [0.1, 0.15) is 22.5 Å². The average Bonchev–Trinajstić information content (AvgIpc) is 2.80. The van der Waals surface area contributed by atoms with Gasteiger partial charge in [0.25, 0.3) is 0 Å². The molecule has 0 aliphatic carbocycles. The van der Waals surface area contributed by atoms with Gasteiger partial charge >= 0.3 is 0 Å². The first kappa shape index (κ1) is 11.3. The third kappa shape index (κ3) is 1.57. The van der Waals surface area contributed by atoms with Gasteiger partial charge in [0.05, 0.1) is 5.56 Å². The van der Waals surface area contributed by atoms with Gasteiger partial charge in [-0.2, -0.15) is 15.8 Å². The summed E-state index contributed by atoms with van der Waals surface area (Å²) in [6.07, 6.45) is 2.86. The van der Waals surface area contributed by atoms with Crippen LogP contribution < -0.4 is 0 Å². The van der Waals surface area contributed by atoms with E-state index in [1.165, 1.54) is 10.9 Å². The molecule has 6 nitrogen and oxygen atoms in total. The van der Waals surface area contributed by atoms with Gasteiger partial charge in [-0.3, -0.25) is 4.57 Å². The van der Waals surface area contributed by atoms with Crippen molar-refractivity contribution >= 4 is 0 Å². The van der Waals surface area contributed by atoms with Gasteiger partial charge in [-0.25, -0.2) is 9.97 Å². The minimum atomic E-state index is 0.0182. The van der Waals surface area contributed by atoms with Gasteiger partial charge in [0.1, 0.15) is 24.5 Å². The highest BCUT2D eigenvalue weighted by Crippen LogP contribution is 2.18. The van der Waals surface area contributed by atoms with Gasteiger partial charge in [0.2, 0.25) is 0 Å². The van der Waals surface area contributed by atoms with E-state index in [9.17, 15) is 0 Å². The van der Waals surface area contributed by atoms with Gasteiger partial charge in [0, 0.05) is 6.20 Å². The highest BCUT2D eigenvalue weighted by Gasteiger charge is 2.16. The average molecular weight is 234 g/mol. The Hall–Kier alpha value is -3.17. The van der Waals surface area contributed by atoms with Gasteiger partial charge in [-0.1, -0.05) is 0 Å². The molecule has 2 aromatic heterocycles. The van der Waals surface area contributed by atoms with Crippen molar-refractivity contribution in [1.82, 2.24) is 14.5 Å². The molecule has 0 unspecified atom stereocenters. The number of aryl methyl sites for hydroxylation is 1. The molecule has 84 valence electrons. The van der Waals surface area contributed by atoms with Crippen molar-refractivity contribution in [2.45, 2.75) is 6.92 Å². The molecule has 2 aromatic rings. The fourth-order valence-corrected chi connectivity index (χ4v) is 1.56. The Morgan fingerprint density at radius 2 is 1.89 bits per heavy atom. The van der Waals surface area contributed by atoms with Crippen molar-refractivity contribution in [2.24, 2.45) is 0 Å². The zero-order chi connectivity index (χ0) is 13.1. The molecule has 0 radical (unpaired) electrons. The fraction of sp³-hybridized carbons (Fsp3) is 0.0833. The Kier molecular flexibility index (Phi) is 2.75. The Morgan fingerprint density at radius 1 is 1.11 bits per heavy atom. The SMILES string of the molecule is Cc1ccnc(-n2cnc(C#N)c2C#N)c1C#N. The molecule has 0 aliphatic heterocycles. The summed E-state index contributed by atoms with van der Waals surface area (Å²) in [5.41, 5.74) is 1.20. The van der Waals surface area contributed by atoms with Crippen molar-refractivity contribution < 1.29 is 0 Å². The Balaban J connectivity index is 2.77. The molecular weight excluding hydrogens is 228 g/mol. The third-order valence-electron chi connectivity index (χ3n) is 2.46. The number of hydrogen-bond donors (Lipinski definition) is 0. The maximum Gasteiger partial charge on any atom is 0.177 e. The standard InChI is InChI=1S/C12H6N6/c1-8-2-3-16-12(9(8)4-13)18-7-17-10(5-14)11(18)6-15/h2-3,7H,1H3. The first-order valence-electron chi connectivity index (χ1n) is 4.96. The second-order valence-corrected chi connectivity index (χ2v) is 3.47. The highest BCUT2D eigenvalue weighted by atomic mass is 15.1. The number of hydrogen-bond acceptors (Lipinski definition) is 5. The molecule has 0 saturated heterocycles. The molecule has 0 aliphatic rings. The summed E-state index contributed by atoms with van der Waals surface area (Å²) in [6, 6.07) is 7.46. The summed E-state index contributed by atoms with van der Waals surface area (Å²) in [4.78, 5) is 7.89. The van der Waals surface area contributed by atoms with E-state index in [0.717, 1.165) is 5.56 Å². The van der Waals surface area contributed by atoms with E-state index >= 15 is 0 Å². The zero-order valence-electron chi connectivity index (χ0n) is 9.42. The first-order chi connectivity index (χ1) is 8.72. The van der Waals surface area contributed by atoms with Crippen LogP contribution in [0.2, 0.25) is 0 Å². The monoisotopic (exact) mass is 234 g/mol. The van der Waals surface area contributed by atoms with E-state index in [2.05, 4.69) is 9.97 Å². The molecule has 0 aromatic carbocycles. The van der Waals surface area contributed by atoms with Crippen LogP contribution in [0.3, 0.4) is 0 Å². The van der Waals surface area contributed by atoms with Crippen molar-refractivity contribution in [3.63, 3.8) is 0 Å². The smallest absolute Gasteiger partial charge is 0.177 e. The topological polar surface area (TPSA) is 102 Å². The summed E-state index contributed by atoms with van der Waals surface area (Å²) in [5, 5.41) is 27.0. The van der Waals surface area contributed by atoms with Crippen LogP contribution in [0.4, 0.5) is 0 Å². The molecule has 0 fully saturated rings. The summed E-state index contributed by atoms with van der Waals surface area (Å²) in [7, 11) is 0. The minimum absolute atomic E-state index is 0.0182. The second-order valence-electron chi connectivity index (χ2n) is 3.47. The number of pyridine rings is 1. The molecule has 2 rings (SSSR count). The molecule has 2 heterocycles. The Bertz CT molecular complexity index is 735. The lowest BCUT2D eigenvalue weighted by Crippen LogP contribution is -2.03. The van der Waals surface area contributed by atoms with Gasteiger partial charge in [-0.05, 0) is 18.6 Å². The molecule has 0 atom stereocenters. The normalized spacial score (nSPS) is 9.22. The lowest BCUT2D eigenvalue weighted by Gasteiger charge is -2.06. The van der Waals surface area contributed by atoms with E-state index in [0.29, 0.717) is 11.4 Å². The van der Waals surface area contributed by atoms with E-state index in [4.69, 9.17) is 15.8 Å². The number of rotatable bonds is 1. The second kappa shape index (κ2) is 4.37. The third-order valence-corrected chi connectivity index (χ3v) is 2.46. The number of imidazole rings is 1. The van der Waals surface area contributed by atoms with Crippen LogP contribution in [-0.4, -0.2) is 14.5 Å². The van der Waals surface area contributed by atoms with Gasteiger partial charge < -0.3 is 0 Å². The summed E-state index contributed by atoms with van der Waals surface area (Å²) < 4.78 is 1.35. The number of nitrogens with zero attached hydrogens (tertiary/aromatic N) is 6. The molecule has 0 saturated carbocycles. The maximum atomic E-state index is 9.12. The van der Waals surface area contributed by atoms with Crippen LogP contribution >= 0.6 is 0 Å². The quantitative estimate of drug-likeness (QED) is 0.737.